The van der Waals surface area contributed by atoms with Crippen LogP contribution in [0.1, 0.15) is 0 Å². The molecule has 0 aromatic rings. The van der Waals surface area contributed by atoms with Crippen LogP contribution in [0, 0.1) is 0 Å². The summed E-state index contributed by atoms with van der Waals surface area (Å²) in [6, 6.07) is 0. The molecule has 0 aliphatic carbocycles. The number of rotatable bonds is 2. The van der Waals surface area contributed by atoms with Crippen molar-refractivity contribution in [2.24, 2.45) is 5.10 Å². The maximum Gasteiger partial charge on any atom is 0.372 e. The van der Waals surface area contributed by atoms with Crippen molar-refractivity contribution >= 4 is 17.0 Å². The third-order valence-electron chi connectivity index (χ3n) is 0.180. The van der Waals surface area contributed by atoms with Gasteiger partial charge in [0.15, 0.2) is 0 Å². The monoisotopic (exact) mass is 124 g/mol. The predicted octanol–water partition coefficient (Wildman–Crippen LogP) is -1.01. The van der Waals surface area contributed by atoms with Gasteiger partial charge in [-0.05, 0) is 0 Å². The Morgan fingerprint density at radius 2 is 2.14 bits per heavy atom. The molecule has 0 amide bonds. The van der Waals surface area contributed by atoms with Crippen molar-refractivity contribution in [3.63, 3.8) is 0 Å². The highest BCUT2D eigenvalue weighted by Gasteiger charge is 1.94. The summed E-state index contributed by atoms with van der Waals surface area (Å²) in [6.45, 7) is 2.75. The second-order valence-corrected chi connectivity index (χ2v) is 1.86. The van der Waals surface area contributed by atoms with Gasteiger partial charge in [-0.1, -0.05) is 0 Å². The van der Waals surface area contributed by atoms with Crippen LogP contribution in [-0.2, 0) is 10.3 Å². The minimum absolute atomic E-state index is 1.33. The van der Waals surface area contributed by atoms with Crippen LogP contribution in [0.15, 0.2) is 5.10 Å². The molecule has 0 bridgehead atoms. The molecular weight excluding hydrogens is 120 g/mol. The van der Waals surface area contributed by atoms with Gasteiger partial charge in [-0.3, -0.25) is 4.55 Å². The Kier molecular flexibility index (Phi) is 1.73. The summed E-state index contributed by atoms with van der Waals surface area (Å²) in [7, 11) is -4.15. The molecule has 5 nitrogen and oxygen atoms in total. The third kappa shape index (κ3) is 5.38. The zero-order chi connectivity index (χ0) is 5.91. The third-order valence-corrected chi connectivity index (χ3v) is 0.540. The van der Waals surface area contributed by atoms with Crippen molar-refractivity contribution in [3.8, 4) is 0 Å². The highest BCUT2D eigenvalue weighted by Crippen LogP contribution is 1.66. The second-order valence-electron chi connectivity index (χ2n) is 0.724. The summed E-state index contributed by atoms with van der Waals surface area (Å²) in [6.07, 6.45) is 0. The zero-order valence-electron chi connectivity index (χ0n) is 3.33. The van der Waals surface area contributed by atoms with Crippen LogP contribution in [0.3, 0.4) is 0 Å². The van der Waals surface area contributed by atoms with Gasteiger partial charge >= 0.3 is 10.3 Å². The van der Waals surface area contributed by atoms with Gasteiger partial charge in [0.2, 0.25) is 0 Å². The predicted molar refractivity (Wildman–Crippen MR) is 24.2 cm³/mol. The molecule has 0 radical (unpaired) electrons. The summed E-state index contributed by atoms with van der Waals surface area (Å²) in [5, 5.41) is 2.67. The molecule has 0 rings (SSSR count). The van der Waals surface area contributed by atoms with E-state index in [0.29, 0.717) is 0 Å². The fourth-order valence-corrected chi connectivity index (χ4v) is 0.245. The van der Waals surface area contributed by atoms with E-state index in [0.717, 1.165) is 0 Å². The van der Waals surface area contributed by atoms with E-state index < -0.39 is 10.3 Å². The molecule has 0 saturated carbocycles. The number of hydrogen-bond acceptors (Lipinski definition) is 3. The minimum Gasteiger partial charge on any atom is -0.268 e. The maximum absolute atomic E-state index is 9.54. The molecule has 2 N–H and O–H groups in total. The lowest BCUT2D eigenvalue weighted by Gasteiger charge is -1.86. The van der Waals surface area contributed by atoms with Gasteiger partial charge in [-0.2, -0.15) is 18.4 Å². The zero-order valence-corrected chi connectivity index (χ0v) is 4.14. The molecule has 42 valence electrons. The van der Waals surface area contributed by atoms with E-state index in [1.54, 1.807) is 0 Å². The van der Waals surface area contributed by atoms with Gasteiger partial charge in [-0.15, -0.1) is 0 Å². The lowest BCUT2D eigenvalue weighted by molar-refractivity contribution is 0.470. The molecule has 0 unspecified atom stereocenters. The van der Waals surface area contributed by atoms with Gasteiger partial charge in [0.25, 0.3) is 0 Å². The molecule has 0 aromatic carbocycles. The van der Waals surface area contributed by atoms with E-state index in [9.17, 15) is 8.42 Å². The number of nitrogens with one attached hydrogen (secondary N) is 1. The van der Waals surface area contributed by atoms with Gasteiger partial charge in [0, 0.05) is 6.72 Å². The smallest absolute Gasteiger partial charge is 0.268 e. The molecule has 0 aliphatic heterocycles. The Morgan fingerprint density at radius 3 is 2.14 bits per heavy atom. The summed E-state index contributed by atoms with van der Waals surface area (Å²) in [5.74, 6) is 0. The first-order valence-electron chi connectivity index (χ1n) is 1.26. The first-order chi connectivity index (χ1) is 3.06. The second kappa shape index (κ2) is 1.90. The topological polar surface area (TPSA) is 78.8 Å². The van der Waals surface area contributed by atoms with Crippen LogP contribution in [0.2, 0.25) is 0 Å². The fourth-order valence-electron chi connectivity index (χ4n) is 0.0816. The first-order valence-corrected chi connectivity index (χ1v) is 2.70. The van der Waals surface area contributed by atoms with E-state index in [-0.39, 0.29) is 0 Å². The van der Waals surface area contributed by atoms with Crippen molar-refractivity contribution < 1.29 is 13.0 Å². The van der Waals surface area contributed by atoms with Crippen LogP contribution in [-0.4, -0.2) is 19.7 Å². The largest absolute Gasteiger partial charge is 0.372 e. The molecule has 0 aliphatic rings. The molecule has 0 spiro atoms. The van der Waals surface area contributed by atoms with Crippen LogP contribution >= 0.6 is 0 Å². The average molecular weight is 124 g/mol. The van der Waals surface area contributed by atoms with E-state index in [2.05, 4.69) is 11.8 Å². The van der Waals surface area contributed by atoms with Crippen molar-refractivity contribution in [1.29, 1.82) is 0 Å². The first kappa shape index (κ1) is 6.38. The minimum atomic E-state index is -4.15. The SMILES string of the molecule is C=NNS(=O)(=O)O. The lowest BCUT2D eigenvalue weighted by atomic mass is 11.7. The standard InChI is InChI=1S/CH4N2O3S/c1-2-3-7(4,5)6/h3H,1H2,(H,4,5,6). The van der Waals surface area contributed by atoms with Gasteiger partial charge < -0.3 is 0 Å². The number of hydrogen-bond donors (Lipinski definition) is 2. The molecule has 7 heavy (non-hydrogen) atoms. The summed E-state index contributed by atoms with van der Waals surface area (Å²) in [5.41, 5.74) is 0. The quantitative estimate of drug-likeness (QED) is 0.281. The van der Waals surface area contributed by atoms with Crippen molar-refractivity contribution in [2.45, 2.75) is 0 Å². The molecule has 6 heteroatoms. The lowest BCUT2D eigenvalue weighted by Crippen LogP contribution is -2.14. The van der Waals surface area contributed by atoms with Crippen LogP contribution in [0.25, 0.3) is 0 Å². The van der Waals surface area contributed by atoms with Gasteiger partial charge in [0.1, 0.15) is 0 Å². The van der Waals surface area contributed by atoms with Crippen LogP contribution in [0.4, 0.5) is 0 Å². The van der Waals surface area contributed by atoms with E-state index >= 15 is 0 Å². The molecule has 0 atom stereocenters. The highest BCUT2D eigenvalue weighted by molar-refractivity contribution is 7.83. The molecule has 0 saturated heterocycles. The van der Waals surface area contributed by atoms with Gasteiger partial charge in [0.05, 0.1) is 0 Å². The van der Waals surface area contributed by atoms with Crippen LogP contribution in [0.5, 0.6) is 0 Å². The number of nitrogens with zero attached hydrogens (tertiary/aromatic N) is 1. The van der Waals surface area contributed by atoms with Crippen molar-refractivity contribution in [2.75, 3.05) is 0 Å². The van der Waals surface area contributed by atoms with E-state index in [1.807, 2.05) is 0 Å². The van der Waals surface area contributed by atoms with Gasteiger partial charge in [-0.25, -0.2) is 0 Å². The Bertz CT molecular complexity index is 146. The Hall–Kier alpha value is -0.620. The average Bonchev–Trinajstić information content (AvgIpc) is 1.30. The Labute approximate surface area is 40.9 Å². The highest BCUT2D eigenvalue weighted by atomic mass is 32.2. The summed E-state index contributed by atoms with van der Waals surface area (Å²) >= 11 is 0. The molecule has 0 aromatic heterocycles. The van der Waals surface area contributed by atoms with E-state index in [4.69, 9.17) is 4.55 Å². The number of hydrazone groups is 1. The van der Waals surface area contributed by atoms with E-state index in [1.165, 1.54) is 4.83 Å². The Morgan fingerprint density at radius 1 is 1.71 bits per heavy atom. The molecule has 0 heterocycles. The normalized spacial score (nSPS) is 10.4. The van der Waals surface area contributed by atoms with Crippen molar-refractivity contribution in [1.82, 2.24) is 4.83 Å². The molecular formula is CH4N2O3S. The molecule has 0 fully saturated rings. The fraction of sp³-hybridized carbons (Fsp3) is 0. The maximum atomic E-state index is 9.54. The van der Waals surface area contributed by atoms with Crippen LogP contribution < -0.4 is 4.83 Å². The Balaban J connectivity index is 3.84. The summed E-state index contributed by atoms with van der Waals surface area (Å²) in [4.78, 5) is 1.33. The summed E-state index contributed by atoms with van der Waals surface area (Å²) < 4.78 is 26.8. The van der Waals surface area contributed by atoms with Crippen molar-refractivity contribution in [3.05, 3.63) is 0 Å².